The third kappa shape index (κ3) is 5.87. The van der Waals surface area contributed by atoms with Crippen molar-refractivity contribution < 1.29 is 32.9 Å². The van der Waals surface area contributed by atoms with E-state index in [-0.39, 0.29) is 23.8 Å². The summed E-state index contributed by atoms with van der Waals surface area (Å²) in [6, 6.07) is 15.4. The lowest BCUT2D eigenvalue weighted by Gasteiger charge is -2.10. The van der Waals surface area contributed by atoms with Gasteiger partial charge in [-0.1, -0.05) is 12.1 Å². The van der Waals surface area contributed by atoms with Crippen LogP contribution in [0.5, 0.6) is 11.8 Å². The van der Waals surface area contributed by atoms with Crippen LogP contribution in [0.15, 0.2) is 59.2 Å². The minimum Gasteiger partial charge on any atom is -0.482 e. The maximum absolute atomic E-state index is 13.6. The third-order valence-corrected chi connectivity index (χ3v) is 6.68. The van der Waals surface area contributed by atoms with Crippen molar-refractivity contribution in [3.05, 3.63) is 82.0 Å². The Balaban J connectivity index is 0.000000201. The zero-order valence-corrected chi connectivity index (χ0v) is 24.7. The van der Waals surface area contributed by atoms with Crippen LogP contribution < -0.4 is 9.47 Å². The molecule has 0 saturated carbocycles. The highest BCUT2D eigenvalue weighted by Crippen LogP contribution is 2.31. The fourth-order valence-corrected chi connectivity index (χ4v) is 4.75. The molecule has 12 heteroatoms. The monoisotopic (exact) mass is 626 g/mol. The van der Waals surface area contributed by atoms with E-state index in [1.54, 1.807) is 86.3 Å². The lowest BCUT2D eigenvalue weighted by atomic mass is 10.1. The lowest BCUT2D eigenvalue weighted by molar-refractivity contribution is 0.0510. The molecule has 214 valence electrons. The van der Waals surface area contributed by atoms with Gasteiger partial charge in [-0.15, -0.1) is 0 Å². The van der Waals surface area contributed by atoms with Gasteiger partial charge in [0.1, 0.15) is 21.7 Å². The number of hydrogen-bond donors (Lipinski definition) is 0. The van der Waals surface area contributed by atoms with E-state index in [0.29, 0.717) is 51.1 Å². The summed E-state index contributed by atoms with van der Waals surface area (Å²) in [5, 5.41) is 0. The van der Waals surface area contributed by atoms with Crippen molar-refractivity contribution >= 4 is 39.2 Å². The van der Waals surface area contributed by atoms with E-state index in [1.165, 1.54) is 6.07 Å². The molecule has 0 atom stereocenters. The number of halogens is 2. The quantitative estimate of drug-likeness (QED) is 0.205. The van der Waals surface area contributed by atoms with Gasteiger partial charge in [-0.05, 0) is 84.7 Å². The predicted molar refractivity (Wildman–Crippen MR) is 153 cm³/mol. The van der Waals surface area contributed by atoms with Gasteiger partial charge in [0.05, 0.1) is 33.1 Å². The molecule has 0 saturated heterocycles. The minimum atomic E-state index is -0.528. The zero-order chi connectivity index (χ0) is 29.7. The van der Waals surface area contributed by atoms with Crippen LogP contribution in [0.3, 0.4) is 0 Å². The number of hydrogen-bond acceptors (Lipinski definition) is 8. The van der Waals surface area contributed by atoms with Crippen LogP contribution in [0.1, 0.15) is 40.4 Å². The number of benzene rings is 1. The molecule has 0 aliphatic heterocycles. The summed E-state index contributed by atoms with van der Waals surface area (Å²) in [4.78, 5) is 32.6. The number of esters is 2. The second kappa shape index (κ2) is 12.8. The van der Waals surface area contributed by atoms with E-state index in [1.807, 2.05) is 6.07 Å². The number of carbonyl (C=O) groups is 2. The number of methoxy groups -OCH3 is 2. The molecule has 0 amide bonds. The summed E-state index contributed by atoms with van der Waals surface area (Å²) in [5.41, 5.74) is 3.25. The molecule has 5 aromatic rings. The summed E-state index contributed by atoms with van der Waals surface area (Å²) in [7, 11) is 3.10. The molecule has 4 heterocycles. The fourth-order valence-electron chi connectivity index (χ4n) is 4.14. The van der Waals surface area contributed by atoms with Crippen LogP contribution in [-0.4, -0.2) is 58.1 Å². The van der Waals surface area contributed by atoms with Crippen LogP contribution in [0.4, 0.5) is 4.39 Å². The number of imidazole rings is 2. The average Bonchev–Trinajstić information content (AvgIpc) is 3.53. The van der Waals surface area contributed by atoms with Gasteiger partial charge in [0.25, 0.3) is 0 Å². The van der Waals surface area contributed by atoms with Gasteiger partial charge in [-0.25, -0.2) is 23.9 Å². The molecular formula is C29H28BrFN4O6. The smallest absolute Gasteiger partial charge is 0.359 e. The molecule has 4 aromatic heterocycles. The van der Waals surface area contributed by atoms with Gasteiger partial charge in [-0.2, -0.15) is 0 Å². The number of fused-ring (bicyclic) bond motifs is 2. The van der Waals surface area contributed by atoms with Crippen molar-refractivity contribution in [3.63, 3.8) is 0 Å². The Bertz CT molecular complexity index is 1730. The van der Waals surface area contributed by atoms with E-state index in [0.717, 1.165) is 0 Å². The molecule has 0 aliphatic rings. The highest BCUT2D eigenvalue weighted by Gasteiger charge is 2.24. The van der Waals surface area contributed by atoms with Crippen LogP contribution in [-0.2, 0) is 9.47 Å². The van der Waals surface area contributed by atoms with E-state index in [2.05, 4.69) is 25.9 Å². The van der Waals surface area contributed by atoms with Crippen molar-refractivity contribution in [1.29, 1.82) is 0 Å². The van der Waals surface area contributed by atoms with Gasteiger partial charge in [0.15, 0.2) is 23.1 Å². The number of nitrogens with zero attached hydrogens (tertiary/aromatic N) is 4. The summed E-state index contributed by atoms with van der Waals surface area (Å²) in [6.45, 7) is 5.71. The largest absolute Gasteiger partial charge is 0.482 e. The Morgan fingerprint density at radius 2 is 1.37 bits per heavy atom. The summed E-state index contributed by atoms with van der Waals surface area (Å²) < 4.78 is 38.2. The van der Waals surface area contributed by atoms with E-state index in [4.69, 9.17) is 18.9 Å². The van der Waals surface area contributed by atoms with Crippen LogP contribution in [0.2, 0.25) is 0 Å². The van der Waals surface area contributed by atoms with Crippen molar-refractivity contribution in [2.24, 2.45) is 0 Å². The van der Waals surface area contributed by atoms with Gasteiger partial charge < -0.3 is 18.9 Å². The zero-order valence-electron chi connectivity index (χ0n) is 23.1. The maximum atomic E-state index is 13.6. The summed E-state index contributed by atoms with van der Waals surface area (Å²) in [5.74, 6) is -0.174. The molecule has 10 nitrogen and oxygen atoms in total. The Labute approximate surface area is 243 Å². The highest BCUT2D eigenvalue weighted by molar-refractivity contribution is 9.10. The average molecular weight is 627 g/mol. The molecule has 0 spiro atoms. The normalized spacial score (nSPS) is 10.7. The second-order valence-electron chi connectivity index (χ2n) is 8.49. The van der Waals surface area contributed by atoms with Gasteiger partial charge in [-0.3, -0.25) is 8.80 Å². The van der Waals surface area contributed by atoms with E-state index < -0.39 is 11.9 Å². The molecule has 0 unspecified atom stereocenters. The Morgan fingerprint density at radius 1 is 0.829 bits per heavy atom. The molecule has 41 heavy (non-hydrogen) atoms. The Morgan fingerprint density at radius 3 is 1.93 bits per heavy atom. The molecule has 0 aliphatic carbocycles. The Kier molecular flexibility index (Phi) is 9.23. The second-order valence-corrected chi connectivity index (χ2v) is 9.24. The molecule has 0 radical (unpaired) electrons. The SMILES string of the molecule is CCOC(=O)c1nc2cccc(OC)n2c1-c1ccc(F)c(C)c1.CCOC(=O)c1nc2cccc(OC)n2c1Br. The van der Waals surface area contributed by atoms with E-state index in [9.17, 15) is 14.0 Å². The van der Waals surface area contributed by atoms with Crippen molar-refractivity contribution in [2.45, 2.75) is 20.8 Å². The maximum Gasteiger partial charge on any atom is 0.359 e. The van der Waals surface area contributed by atoms with Gasteiger partial charge >= 0.3 is 11.9 Å². The Hall–Kier alpha value is -4.45. The number of rotatable bonds is 7. The number of pyridine rings is 2. The first-order chi connectivity index (χ1) is 19.7. The number of carbonyl (C=O) groups excluding carboxylic acids is 2. The standard InChI is InChI=1S/C18H17FN2O3.C11H11BrN2O3/c1-4-24-18(22)16-17(12-8-9-13(19)11(2)10-12)21-14(20-16)6-5-7-15(21)23-3;1-3-17-11(15)9-10(12)14-7(13-9)5-4-6-8(14)16-2/h5-10H,4H2,1-3H3;4-6H,3H2,1-2H3. The molecule has 0 N–H and O–H groups in total. The summed E-state index contributed by atoms with van der Waals surface area (Å²) >= 11 is 3.33. The van der Waals surface area contributed by atoms with Gasteiger partial charge in [0.2, 0.25) is 0 Å². The van der Waals surface area contributed by atoms with Crippen LogP contribution in [0.25, 0.3) is 22.6 Å². The fraction of sp³-hybridized carbons (Fsp3) is 0.241. The molecular weight excluding hydrogens is 599 g/mol. The summed E-state index contributed by atoms with van der Waals surface area (Å²) in [6.07, 6.45) is 0. The minimum absolute atomic E-state index is 0.173. The van der Waals surface area contributed by atoms with E-state index >= 15 is 0 Å². The number of aryl methyl sites for hydroxylation is 1. The van der Waals surface area contributed by atoms with Gasteiger partial charge in [0, 0.05) is 5.56 Å². The predicted octanol–water partition coefficient (Wildman–Crippen LogP) is 5.92. The highest BCUT2D eigenvalue weighted by atomic mass is 79.9. The third-order valence-electron chi connectivity index (χ3n) is 5.95. The number of aromatic nitrogens is 4. The van der Waals surface area contributed by atoms with Crippen LogP contribution in [0, 0.1) is 12.7 Å². The first kappa shape index (κ1) is 29.5. The lowest BCUT2D eigenvalue weighted by Crippen LogP contribution is -2.07. The van der Waals surface area contributed by atoms with Crippen molar-refractivity contribution in [1.82, 2.24) is 18.8 Å². The topological polar surface area (TPSA) is 106 Å². The first-order valence-electron chi connectivity index (χ1n) is 12.6. The van der Waals surface area contributed by atoms with Crippen molar-refractivity contribution in [2.75, 3.05) is 27.4 Å². The number of ether oxygens (including phenoxy) is 4. The molecule has 5 rings (SSSR count). The molecule has 0 bridgehead atoms. The first-order valence-corrected chi connectivity index (χ1v) is 13.4. The van der Waals surface area contributed by atoms with Crippen LogP contribution >= 0.6 is 15.9 Å². The van der Waals surface area contributed by atoms with Crippen molar-refractivity contribution in [3.8, 4) is 23.0 Å². The molecule has 0 fully saturated rings. The molecule has 1 aromatic carbocycles.